The fraction of sp³-hybridized carbons (Fsp3) is 0.389. The lowest BCUT2D eigenvalue weighted by Crippen LogP contribution is -2.70. The summed E-state index contributed by atoms with van der Waals surface area (Å²) >= 11 is 0. The summed E-state index contributed by atoms with van der Waals surface area (Å²) in [5, 5.41) is 12.8. The summed E-state index contributed by atoms with van der Waals surface area (Å²) in [6, 6.07) is 7.76. The molecule has 3 aromatic heterocycles. The number of amides is 1. The zero-order chi connectivity index (χ0) is 18.5. The van der Waals surface area contributed by atoms with Crippen molar-refractivity contribution in [3.8, 4) is 5.88 Å². The van der Waals surface area contributed by atoms with Crippen molar-refractivity contribution >= 4 is 17.4 Å². The Kier molecular flexibility index (Phi) is 3.49. The predicted molar refractivity (Wildman–Crippen MR) is 96.9 cm³/mol. The number of carbonyl (C=O) groups is 1. The minimum absolute atomic E-state index is 0.0316. The van der Waals surface area contributed by atoms with Gasteiger partial charge in [-0.1, -0.05) is 0 Å². The third kappa shape index (κ3) is 2.49. The lowest BCUT2D eigenvalue weighted by Gasteiger charge is -2.56. The summed E-state index contributed by atoms with van der Waals surface area (Å²) in [5.74, 6) is 2.19. The van der Waals surface area contributed by atoms with Gasteiger partial charge in [-0.25, -0.2) is 4.98 Å². The summed E-state index contributed by atoms with van der Waals surface area (Å²) < 4.78 is 6.81. The van der Waals surface area contributed by atoms with Crippen molar-refractivity contribution in [2.24, 2.45) is 0 Å². The highest BCUT2D eigenvalue weighted by Gasteiger charge is 2.47. The highest BCUT2D eigenvalue weighted by atomic mass is 16.5. The molecule has 0 aliphatic carbocycles. The van der Waals surface area contributed by atoms with E-state index in [1.807, 2.05) is 24.0 Å². The van der Waals surface area contributed by atoms with E-state index in [9.17, 15) is 4.79 Å². The van der Waals surface area contributed by atoms with E-state index < -0.39 is 0 Å². The first-order valence-corrected chi connectivity index (χ1v) is 8.91. The number of pyridine rings is 1. The molecule has 0 radical (unpaired) electrons. The van der Waals surface area contributed by atoms with Crippen LogP contribution in [0.3, 0.4) is 0 Å². The largest absolute Gasteiger partial charge is 0.481 e. The number of piperazine rings is 1. The molecule has 0 saturated carbocycles. The summed E-state index contributed by atoms with van der Waals surface area (Å²) in [6.45, 7) is 3.42. The number of rotatable bonds is 3. The highest BCUT2D eigenvalue weighted by molar-refractivity contribution is 5.95. The minimum atomic E-state index is 0.0316. The van der Waals surface area contributed by atoms with Crippen LogP contribution in [0.2, 0.25) is 0 Å². The third-order valence-electron chi connectivity index (χ3n) is 5.35. The lowest BCUT2D eigenvalue weighted by molar-refractivity contribution is 0.00569. The Labute approximate surface area is 155 Å². The Balaban J connectivity index is 1.33. The number of hydrogen-bond donors (Lipinski definition) is 0. The van der Waals surface area contributed by atoms with Gasteiger partial charge in [0, 0.05) is 25.4 Å². The van der Waals surface area contributed by atoms with Gasteiger partial charge in [0.25, 0.3) is 5.91 Å². The molecule has 6 heterocycles. The summed E-state index contributed by atoms with van der Waals surface area (Å²) in [5.41, 5.74) is 1.33. The first-order chi connectivity index (χ1) is 13.1. The normalized spacial score (nSPS) is 21.3. The monoisotopic (exact) mass is 365 g/mol. The number of fused-ring (bicyclic) bond motifs is 3. The topological polar surface area (TPSA) is 88.8 Å². The molecule has 2 bridgehead atoms. The Hall–Kier alpha value is -3.23. The Bertz CT molecular complexity index is 1000. The number of ether oxygens (including phenoxy) is 1. The van der Waals surface area contributed by atoms with Crippen LogP contribution >= 0.6 is 0 Å². The van der Waals surface area contributed by atoms with Crippen LogP contribution in [-0.4, -0.2) is 67.9 Å². The fourth-order valence-corrected chi connectivity index (χ4v) is 3.96. The molecule has 9 nitrogen and oxygen atoms in total. The molecule has 3 fully saturated rings. The number of aryl methyl sites for hydroxylation is 1. The Morgan fingerprint density at radius 2 is 1.96 bits per heavy atom. The van der Waals surface area contributed by atoms with Crippen molar-refractivity contribution in [2.45, 2.75) is 25.4 Å². The van der Waals surface area contributed by atoms with Crippen LogP contribution in [-0.2, 0) is 0 Å². The Morgan fingerprint density at radius 3 is 2.67 bits per heavy atom. The molecule has 27 heavy (non-hydrogen) atoms. The maximum Gasteiger partial charge on any atom is 0.256 e. The standard InChI is InChI=1S/C18H19N7O2/c1-11-20-21-15-4-5-16(22-25(11)15)23-9-13-7-14(10-23)24(13)18(26)12-3-6-17(27-2)19-8-12/h3-6,8,13-14H,7,9-10H2,1-2H3. The second-order valence-corrected chi connectivity index (χ2v) is 6.96. The third-order valence-corrected chi connectivity index (χ3v) is 5.35. The minimum Gasteiger partial charge on any atom is -0.481 e. The Morgan fingerprint density at radius 1 is 1.15 bits per heavy atom. The number of piperidine rings is 1. The number of methoxy groups -OCH3 is 1. The molecule has 2 atom stereocenters. The first-order valence-electron chi connectivity index (χ1n) is 8.91. The quantitative estimate of drug-likeness (QED) is 0.682. The van der Waals surface area contributed by atoms with E-state index in [1.54, 1.807) is 30.0 Å². The molecule has 138 valence electrons. The van der Waals surface area contributed by atoms with Crippen molar-refractivity contribution in [3.63, 3.8) is 0 Å². The molecule has 0 N–H and O–H groups in total. The van der Waals surface area contributed by atoms with E-state index in [4.69, 9.17) is 4.74 Å². The number of nitrogens with zero attached hydrogens (tertiary/aromatic N) is 7. The van der Waals surface area contributed by atoms with Crippen LogP contribution in [0.5, 0.6) is 5.88 Å². The van der Waals surface area contributed by atoms with Gasteiger partial charge >= 0.3 is 0 Å². The highest BCUT2D eigenvalue weighted by Crippen LogP contribution is 2.35. The average molecular weight is 365 g/mol. The maximum atomic E-state index is 12.9. The molecule has 0 aromatic carbocycles. The van der Waals surface area contributed by atoms with Crippen molar-refractivity contribution < 1.29 is 9.53 Å². The van der Waals surface area contributed by atoms with Gasteiger partial charge in [0.2, 0.25) is 5.88 Å². The van der Waals surface area contributed by atoms with Gasteiger partial charge in [0.15, 0.2) is 11.5 Å². The molecular weight excluding hydrogens is 346 g/mol. The number of carbonyl (C=O) groups excluding carboxylic acids is 1. The SMILES string of the molecule is COc1ccc(C(=O)N2C3CC2CN(c2ccc4nnc(C)n4n2)C3)cn1. The number of hydrogen-bond acceptors (Lipinski definition) is 7. The van der Waals surface area contributed by atoms with Gasteiger partial charge in [-0.15, -0.1) is 15.3 Å². The van der Waals surface area contributed by atoms with Gasteiger partial charge in [-0.2, -0.15) is 4.52 Å². The van der Waals surface area contributed by atoms with E-state index in [2.05, 4.69) is 25.2 Å². The predicted octanol–water partition coefficient (Wildman–Crippen LogP) is 0.940. The van der Waals surface area contributed by atoms with Crippen molar-refractivity contribution in [2.75, 3.05) is 25.1 Å². The second-order valence-electron chi connectivity index (χ2n) is 6.96. The van der Waals surface area contributed by atoms with Crippen LogP contribution in [0.1, 0.15) is 22.6 Å². The van der Waals surface area contributed by atoms with Crippen molar-refractivity contribution in [3.05, 3.63) is 41.9 Å². The molecule has 3 aromatic rings. The van der Waals surface area contributed by atoms with E-state index in [0.717, 1.165) is 36.8 Å². The van der Waals surface area contributed by atoms with E-state index in [-0.39, 0.29) is 18.0 Å². The molecular formula is C18H19N7O2. The van der Waals surface area contributed by atoms with E-state index in [1.165, 1.54) is 0 Å². The van der Waals surface area contributed by atoms with Crippen molar-refractivity contribution in [1.29, 1.82) is 0 Å². The summed E-state index contributed by atoms with van der Waals surface area (Å²) in [7, 11) is 1.56. The van der Waals surface area contributed by atoms with Gasteiger partial charge in [-0.05, 0) is 31.5 Å². The zero-order valence-electron chi connectivity index (χ0n) is 15.1. The molecule has 6 rings (SSSR count). The second kappa shape index (κ2) is 5.90. The zero-order valence-corrected chi connectivity index (χ0v) is 15.1. The van der Waals surface area contributed by atoms with Gasteiger partial charge in [0.1, 0.15) is 5.82 Å². The van der Waals surface area contributed by atoms with Crippen molar-refractivity contribution in [1.82, 2.24) is 29.7 Å². The molecule has 3 aliphatic rings. The number of aromatic nitrogens is 5. The maximum absolute atomic E-state index is 12.9. The molecule has 9 heteroatoms. The van der Waals surface area contributed by atoms with Crippen LogP contribution in [0.15, 0.2) is 30.5 Å². The average Bonchev–Trinajstić information content (AvgIpc) is 3.08. The van der Waals surface area contributed by atoms with Gasteiger partial charge < -0.3 is 14.5 Å². The van der Waals surface area contributed by atoms with Crippen LogP contribution in [0.4, 0.5) is 5.82 Å². The van der Waals surface area contributed by atoms with Crippen LogP contribution in [0.25, 0.3) is 5.65 Å². The summed E-state index contributed by atoms with van der Waals surface area (Å²) in [4.78, 5) is 21.2. The fourth-order valence-electron chi connectivity index (χ4n) is 3.96. The molecule has 3 saturated heterocycles. The van der Waals surface area contributed by atoms with Crippen LogP contribution in [0, 0.1) is 6.92 Å². The van der Waals surface area contributed by atoms with E-state index >= 15 is 0 Å². The molecule has 2 unspecified atom stereocenters. The molecule has 1 amide bonds. The van der Waals surface area contributed by atoms with Gasteiger partial charge in [0.05, 0.1) is 24.8 Å². The lowest BCUT2D eigenvalue weighted by atomic mass is 9.86. The summed E-state index contributed by atoms with van der Waals surface area (Å²) in [6.07, 6.45) is 2.61. The first kappa shape index (κ1) is 16.0. The molecule has 3 aliphatic heterocycles. The van der Waals surface area contributed by atoms with E-state index in [0.29, 0.717) is 11.4 Å². The van der Waals surface area contributed by atoms with Gasteiger partial charge in [-0.3, -0.25) is 4.79 Å². The number of anilines is 1. The smallest absolute Gasteiger partial charge is 0.256 e. The molecule has 0 spiro atoms. The van der Waals surface area contributed by atoms with Crippen LogP contribution < -0.4 is 9.64 Å².